The molecular weight excluding hydrogens is 397 g/mol. The maximum atomic E-state index is 12.6. The van der Waals surface area contributed by atoms with Crippen molar-refractivity contribution >= 4 is 73.3 Å². The van der Waals surface area contributed by atoms with Crippen molar-refractivity contribution in [3.8, 4) is 0 Å². The maximum Gasteiger partial charge on any atom is 0.266 e. The molecule has 1 aromatic rings. The number of benzene rings is 1. The van der Waals surface area contributed by atoms with Gasteiger partial charge in [-0.1, -0.05) is 53.2 Å². The first kappa shape index (κ1) is 17.2. The van der Waals surface area contributed by atoms with Gasteiger partial charge < -0.3 is 0 Å². The van der Waals surface area contributed by atoms with Gasteiger partial charge in [0.1, 0.15) is 4.32 Å². The molecule has 2 saturated heterocycles. The third-order valence-electron chi connectivity index (χ3n) is 3.65. The summed E-state index contributed by atoms with van der Waals surface area (Å²) >= 11 is 18.4. The lowest BCUT2D eigenvalue weighted by atomic mass is 10.2. The highest BCUT2D eigenvalue weighted by Gasteiger charge is 2.42. The lowest BCUT2D eigenvalue weighted by molar-refractivity contribution is -0.123. The van der Waals surface area contributed by atoms with E-state index in [1.807, 2.05) is 0 Å². The standard InChI is InChI=1S/C14H11Cl2NO3S3/c15-9-2-1-8(11(16)6-9)5-12-13(18)17(14(21)22-12)10-3-4-23(19,20)7-10/h1-2,5-6,10H,3-4,7H2/b12-5+/t10-/m0/s1. The van der Waals surface area contributed by atoms with Crippen molar-refractivity contribution in [1.29, 1.82) is 0 Å². The largest absolute Gasteiger partial charge is 0.289 e. The van der Waals surface area contributed by atoms with Gasteiger partial charge in [-0.3, -0.25) is 9.69 Å². The summed E-state index contributed by atoms with van der Waals surface area (Å²) in [6.45, 7) is 0. The fourth-order valence-corrected chi connectivity index (χ4v) is 6.09. The van der Waals surface area contributed by atoms with Crippen LogP contribution in [0, 0.1) is 0 Å². The predicted octanol–water partition coefficient (Wildman–Crippen LogP) is 3.38. The Morgan fingerprint density at radius 2 is 2.09 bits per heavy atom. The molecule has 122 valence electrons. The van der Waals surface area contributed by atoms with Crippen LogP contribution in [0.15, 0.2) is 23.1 Å². The van der Waals surface area contributed by atoms with E-state index in [4.69, 9.17) is 35.4 Å². The molecule has 2 aliphatic rings. The Hall–Kier alpha value is -0.600. The molecule has 0 unspecified atom stereocenters. The van der Waals surface area contributed by atoms with Crippen LogP contribution in [0.4, 0.5) is 0 Å². The van der Waals surface area contributed by atoms with Crippen LogP contribution in [-0.4, -0.2) is 41.1 Å². The van der Waals surface area contributed by atoms with Gasteiger partial charge in [0.2, 0.25) is 0 Å². The van der Waals surface area contributed by atoms with E-state index in [0.717, 1.165) is 11.8 Å². The summed E-state index contributed by atoms with van der Waals surface area (Å²) in [4.78, 5) is 14.4. The molecular formula is C14H11Cl2NO3S3. The average molecular weight is 408 g/mol. The van der Waals surface area contributed by atoms with Crippen LogP contribution >= 0.6 is 47.2 Å². The molecule has 3 rings (SSSR count). The zero-order chi connectivity index (χ0) is 16.8. The van der Waals surface area contributed by atoms with Crippen LogP contribution in [0.2, 0.25) is 10.0 Å². The Balaban J connectivity index is 1.88. The number of thiocarbonyl (C=S) groups is 1. The highest BCUT2D eigenvalue weighted by molar-refractivity contribution is 8.26. The lowest BCUT2D eigenvalue weighted by Crippen LogP contribution is -2.39. The van der Waals surface area contributed by atoms with Gasteiger partial charge in [0.15, 0.2) is 9.84 Å². The molecule has 0 bridgehead atoms. The molecule has 1 aromatic carbocycles. The molecule has 0 aromatic heterocycles. The van der Waals surface area contributed by atoms with E-state index >= 15 is 0 Å². The van der Waals surface area contributed by atoms with Crippen LogP contribution in [0.3, 0.4) is 0 Å². The minimum Gasteiger partial charge on any atom is -0.289 e. The number of thioether (sulfide) groups is 1. The predicted molar refractivity (Wildman–Crippen MR) is 98.5 cm³/mol. The van der Waals surface area contributed by atoms with E-state index < -0.39 is 9.84 Å². The Labute approximate surface area is 153 Å². The van der Waals surface area contributed by atoms with E-state index in [0.29, 0.717) is 31.3 Å². The number of rotatable bonds is 2. The maximum absolute atomic E-state index is 12.6. The number of hydrogen-bond donors (Lipinski definition) is 0. The van der Waals surface area contributed by atoms with Crippen molar-refractivity contribution in [3.05, 3.63) is 38.7 Å². The summed E-state index contributed by atoms with van der Waals surface area (Å²) in [6, 6.07) is 4.62. The van der Waals surface area contributed by atoms with Crippen molar-refractivity contribution in [2.75, 3.05) is 11.5 Å². The van der Waals surface area contributed by atoms with Crippen LogP contribution in [-0.2, 0) is 14.6 Å². The zero-order valence-corrected chi connectivity index (χ0v) is 15.6. The number of hydrogen-bond acceptors (Lipinski definition) is 5. The van der Waals surface area contributed by atoms with Gasteiger partial charge in [-0.25, -0.2) is 8.42 Å². The molecule has 4 nitrogen and oxygen atoms in total. The minimum absolute atomic E-state index is 0.0333. The number of nitrogens with zero attached hydrogens (tertiary/aromatic N) is 1. The van der Waals surface area contributed by atoms with Crippen LogP contribution < -0.4 is 0 Å². The third kappa shape index (κ3) is 3.58. The van der Waals surface area contributed by atoms with Crippen LogP contribution in [0.5, 0.6) is 0 Å². The van der Waals surface area contributed by atoms with Gasteiger partial charge in [-0.15, -0.1) is 0 Å². The number of amides is 1. The molecule has 0 aliphatic carbocycles. The fraction of sp³-hybridized carbons (Fsp3) is 0.286. The fourth-order valence-electron chi connectivity index (χ4n) is 2.53. The van der Waals surface area contributed by atoms with Crippen molar-refractivity contribution in [3.63, 3.8) is 0 Å². The van der Waals surface area contributed by atoms with Gasteiger partial charge in [-0.05, 0) is 30.2 Å². The molecule has 0 spiro atoms. The van der Waals surface area contributed by atoms with Gasteiger partial charge in [0.05, 0.1) is 22.5 Å². The molecule has 0 N–H and O–H groups in total. The van der Waals surface area contributed by atoms with E-state index in [1.54, 1.807) is 24.3 Å². The van der Waals surface area contributed by atoms with Crippen LogP contribution in [0.25, 0.3) is 6.08 Å². The van der Waals surface area contributed by atoms with Gasteiger partial charge in [-0.2, -0.15) is 0 Å². The second-order valence-corrected chi connectivity index (χ2v) is 10.0. The van der Waals surface area contributed by atoms with E-state index in [-0.39, 0.29) is 23.5 Å². The Kier molecular flexibility index (Phi) is 4.77. The quantitative estimate of drug-likeness (QED) is 0.555. The normalized spacial score (nSPS) is 25.6. The van der Waals surface area contributed by atoms with Gasteiger partial charge in [0, 0.05) is 10.0 Å². The molecule has 2 fully saturated rings. The Morgan fingerprint density at radius 3 is 2.70 bits per heavy atom. The van der Waals surface area contributed by atoms with E-state index in [1.165, 1.54) is 4.90 Å². The Bertz CT molecular complexity index is 836. The summed E-state index contributed by atoms with van der Waals surface area (Å²) in [5.74, 6) is -0.210. The highest BCUT2D eigenvalue weighted by atomic mass is 35.5. The SMILES string of the molecule is O=C1/C(=C\c2ccc(Cl)cc2Cl)SC(=S)N1[C@H]1CCS(=O)(=O)C1. The first-order chi connectivity index (χ1) is 10.8. The molecule has 23 heavy (non-hydrogen) atoms. The molecule has 1 atom stereocenters. The molecule has 9 heteroatoms. The minimum atomic E-state index is -3.09. The van der Waals surface area contributed by atoms with Crippen molar-refractivity contribution < 1.29 is 13.2 Å². The average Bonchev–Trinajstić information content (AvgIpc) is 2.93. The smallest absolute Gasteiger partial charge is 0.266 e. The zero-order valence-electron chi connectivity index (χ0n) is 11.7. The second-order valence-electron chi connectivity index (χ2n) is 5.27. The van der Waals surface area contributed by atoms with Crippen molar-refractivity contribution in [2.24, 2.45) is 0 Å². The molecule has 0 saturated carbocycles. The number of sulfone groups is 1. The van der Waals surface area contributed by atoms with Crippen LogP contribution in [0.1, 0.15) is 12.0 Å². The Morgan fingerprint density at radius 1 is 1.35 bits per heavy atom. The van der Waals surface area contributed by atoms with Gasteiger partial charge in [0.25, 0.3) is 5.91 Å². The molecule has 0 radical (unpaired) electrons. The first-order valence-corrected chi connectivity index (χ1v) is 10.5. The second kappa shape index (κ2) is 6.37. The molecule has 2 heterocycles. The monoisotopic (exact) mass is 407 g/mol. The first-order valence-electron chi connectivity index (χ1n) is 6.69. The highest BCUT2D eigenvalue weighted by Crippen LogP contribution is 2.37. The summed E-state index contributed by atoms with van der Waals surface area (Å²) in [6.07, 6.45) is 2.07. The summed E-state index contributed by atoms with van der Waals surface area (Å²) in [5.41, 5.74) is 0.663. The topological polar surface area (TPSA) is 54.5 Å². The van der Waals surface area contributed by atoms with Crippen molar-refractivity contribution in [2.45, 2.75) is 12.5 Å². The number of carbonyl (C=O) groups is 1. The lowest BCUT2D eigenvalue weighted by Gasteiger charge is -2.20. The summed E-state index contributed by atoms with van der Waals surface area (Å²) < 4.78 is 23.6. The summed E-state index contributed by atoms with van der Waals surface area (Å²) in [5, 5.41) is 0.946. The van der Waals surface area contributed by atoms with Gasteiger partial charge >= 0.3 is 0 Å². The van der Waals surface area contributed by atoms with E-state index in [2.05, 4.69) is 0 Å². The molecule has 2 aliphatic heterocycles. The number of carbonyl (C=O) groups excluding carboxylic acids is 1. The number of halogens is 2. The molecule has 1 amide bonds. The summed E-state index contributed by atoms with van der Waals surface area (Å²) in [7, 11) is -3.09. The van der Waals surface area contributed by atoms with Crippen molar-refractivity contribution in [1.82, 2.24) is 4.90 Å². The third-order valence-corrected chi connectivity index (χ3v) is 7.29. The van der Waals surface area contributed by atoms with E-state index in [9.17, 15) is 13.2 Å².